The second-order valence-corrected chi connectivity index (χ2v) is 7.05. The number of rotatable bonds is 8. The molecule has 0 bridgehead atoms. The van der Waals surface area contributed by atoms with Crippen LogP contribution >= 0.6 is 0 Å². The minimum atomic E-state index is -3.34. The maximum atomic E-state index is 12.9. The summed E-state index contributed by atoms with van der Waals surface area (Å²) < 4.78 is 38.9. The van der Waals surface area contributed by atoms with Crippen molar-refractivity contribution in [2.24, 2.45) is 0 Å². The lowest BCUT2D eigenvalue weighted by Gasteiger charge is -2.22. The summed E-state index contributed by atoms with van der Waals surface area (Å²) in [5.41, 5.74) is 0.518. The van der Waals surface area contributed by atoms with Crippen LogP contribution < -0.4 is 9.62 Å². The average Bonchev–Trinajstić information content (AvgIpc) is 3.22. The van der Waals surface area contributed by atoms with Crippen molar-refractivity contribution in [3.63, 3.8) is 0 Å². The molecule has 0 heterocycles. The zero-order valence-corrected chi connectivity index (χ0v) is 12.5. The zero-order chi connectivity index (χ0) is 14.6. The first kappa shape index (κ1) is 15.3. The molecule has 0 amide bonds. The van der Waals surface area contributed by atoms with Crippen molar-refractivity contribution < 1.29 is 12.8 Å². The minimum Gasteiger partial charge on any atom is -0.314 e. The van der Waals surface area contributed by atoms with Gasteiger partial charge in [0.1, 0.15) is 5.82 Å². The maximum Gasteiger partial charge on any atom is 0.235 e. The molecule has 0 atom stereocenters. The van der Waals surface area contributed by atoms with Crippen LogP contribution in [0.2, 0.25) is 0 Å². The maximum absolute atomic E-state index is 12.9. The molecule has 0 saturated heterocycles. The summed E-state index contributed by atoms with van der Waals surface area (Å²) >= 11 is 0. The van der Waals surface area contributed by atoms with E-state index in [1.54, 1.807) is 6.92 Å². The lowest BCUT2D eigenvalue weighted by molar-refractivity contribution is 0.584. The molecule has 6 heteroatoms. The van der Waals surface area contributed by atoms with Crippen LogP contribution in [-0.2, 0) is 10.0 Å². The van der Waals surface area contributed by atoms with E-state index in [-0.39, 0.29) is 11.6 Å². The fourth-order valence-electron chi connectivity index (χ4n) is 2.11. The number of sulfonamides is 1. The third-order valence-corrected chi connectivity index (χ3v) is 5.27. The van der Waals surface area contributed by atoms with Crippen LogP contribution in [0.15, 0.2) is 24.3 Å². The predicted molar refractivity (Wildman–Crippen MR) is 78.8 cm³/mol. The molecule has 1 aliphatic carbocycles. The van der Waals surface area contributed by atoms with Gasteiger partial charge in [-0.25, -0.2) is 12.8 Å². The van der Waals surface area contributed by atoms with E-state index >= 15 is 0 Å². The first-order valence-corrected chi connectivity index (χ1v) is 8.63. The van der Waals surface area contributed by atoms with Crippen LogP contribution in [0.4, 0.5) is 10.1 Å². The summed E-state index contributed by atoms with van der Waals surface area (Å²) in [5, 5.41) is 3.30. The van der Waals surface area contributed by atoms with Gasteiger partial charge in [-0.15, -0.1) is 0 Å². The number of hydrogen-bond donors (Lipinski definition) is 1. The van der Waals surface area contributed by atoms with Crippen LogP contribution in [0, 0.1) is 5.82 Å². The van der Waals surface area contributed by atoms with Crippen molar-refractivity contribution in [1.29, 1.82) is 0 Å². The molecule has 2 rings (SSSR count). The van der Waals surface area contributed by atoms with E-state index in [4.69, 9.17) is 0 Å². The third-order valence-electron chi connectivity index (χ3n) is 3.33. The van der Waals surface area contributed by atoms with E-state index in [0.717, 1.165) is 6.54 Å². The van der Waals surface area contributed by atoms with Crippen LogP contribution in [-0.4, -0.2) is 33.3 Å². The van der Waals surface area contributed by atoms with Gasteiger partial charge in [0.25, 0.3) is 0 Å². The predicted octanol–water partition coefficient (Wildman–Crippen LogP) is 2.12. The zero-order valence-electron chi connectivity index (χ0n) is 11.7. The Labute approximate surface area is 120 Å². The number of benzene rings is 1. The highest BCUT2D eigenvalue weighted by molar-refractivity contribution is 7.92. The average molecular weight is 300 g/mol. The number of nitrogens with one attached hydrogen (secondary N) is 1. The molecule has 1 saturated carbocycles. The molecule has 1 aromatic rings. The fourth-order valence-corrected chi connectivity index (χ4v) is 3.67. The lowest BCUT2D eigenvalue weighted by atomic mass is 10.3. The van der Waals surface area contributed by atoms with E-state index in [1.165, 1.54) is 41.4 Å². The van der Waals surface area contributed by atoms with Crippen molar-refractivity contribution in [2.45, 2.75) is 32.2 Å². The highest BCUT2D eigenvalue weighted by Gasteiger charge is 2.22. The Morgan fingerprint density at radius 1 is 1.30 bits per heavy atom. The SMILES string of the molecule is CCN(c1ccc(F)cc1)S(=O)(=O)CCCNC1CC1. The molecule has 0 aromatic heterocycles. The van der Waals surface area contributed by atoms with Crippen molar-refractivity contribution in [3.05, 3.63) is 30.1 Å². The molecule has 0 aliphatic heterocycles. The van der Waals surface area contributed by atoms with Crippen molar-refractivity contribution in [1.82, 2.24) is 5.32 Å². The number of hydrogen-bond acceptors (Lipinski definition) is 3. The summed E-state index contributed by atoms with van der Waals surface area (Å²) in [7, 11) is -3.34. The standard InChI is InChI=1S/C14H21FN2O2S/c1-2-17(14-8-4-12(15)5-9-14)20(18,19)11-3-10-16-13-6-7-13/h4-5,8-9,13,16H,2-3,6-7,10-11H2,1H3. The Morgan fingerprint density at radius 3 is 2.50 bits per heavy atom. The molecular formula is C14H21FN2O2S. The molecule has 1 N–H and O–H groups in total. The van der Waals surface area contributed by atoms with Crippen molar-refractivity contribution in [3.8, 4) is 0 Å². The summed E-state index contributed by atoms with van der Waals surface area (Å²) in [5.74, 6) is -0.256. The number of nitrogens with zero attached hydrogens (tertiary/aromatic N) is 1. The van der Waals surface area contributed by atoms with Crippen molar-refractivity contribution >= 4 is 15.7 Å². The molecule has 0 radical (unpaired) electrons. The van der Waals surface area contributed by atoms with E-state index in [2.05, 4.69) is 5.32 Å². The molecule has 1 aromatic carbocycles. The van der Waals surface area contributed by atoms with Crippen molar-refractivity contribution in [2.75, 3.05) is 23.1 Å². The monoisotopic (exact) mass is 300 g/mol. The van der Waals surface area contributed by atoms with Gasteiger partial charge in [-0.2, -0.15) is 0 Å². The van der Waals surface area contributed by atoms with Crippen LogP contribution in [0.1, 0.15) is 26.2 Å². The van der Waals surface area contributed by atoms with Crippen LogP contribution in [0.5, 0.6) is 0 Å². The van der Waals surface area contributed by atoms with Gasteiger partial charge in [0.05, 0.1) is 11.4 Å². The second-order valence-electron chi connectivity index (χ2n) is 5.04. The first-order valence-electron chi connectivity index (χ1n) is 7.02. The molecule has 20 heavy (non-hydrogen) atoms. The molecule has 0 spiro atoms. The highest BCUT2D eigenvalue weighted by Crippen LogP contribution is 2.20. The van der Waals surface area contributed by atoms with Gasteiger partial charge in [0, 0.05) is 12.6 Å². The molecule has 1 aliphatic rings. The molecule has 112 valence electrons. The Balaban J connectivity index is 1.94. The first-order chi connectivity index (χ1) is 9.53. The third kappa shape index (κ3) is 4.18. The van der Waals surface area contributed by atoms with Gasteiger partial charge in [-0.1, -0.05) is 0 Å². The van der Waals surface area contributed by atoms with E-state index < -0.39 is 10.0 Å². The van der Waals surface area contributed by atoms with Gasteiger partial charge in [0.15, 0.2) is 0 Å². The van der Waals surface area contributed by atoms with Gasteiger partial charge in [0.2, 0.25) is 10.0 Å². The molecule has 4 nitrogen and oxygen atoms in total. The van der Waals surface area contributed by atoms with E-state index in [1.807, 2.05) is 0 Å². The van der Waals surface area contributed by atoms with E-state index in [9.17, 15) is 12.8 Å². The lowest BCUT2D eigenvalue weighted by Crippen LogP contribution is -2.34. The van der Waals surface area contributed by atoms with Gasteiger partial charge in [-0.05, 0) is 57.0 Å². The Morgan fingerprint density at radius 2 is 1.95 bits per heavy atom. The Hall–Kier alpha value is -1.14. The Bertz CT molecular complexity index is 527. The summed E-state index contributed by atoms with van der Waals surface area (Å²) in [6, 6.07) is 6.15. The smallest absolute Gasteiger partial charge is 0.235 e. The summed E-state index contributed by atoms with van der Waals surface area (Å²) in [4.78, 5) is 0. The van der Waals surface area contributed by atoms with Gasteiger partial charge in [-0.3, -0.25) is 4.31 Å². The van der Waals surface area contributed by atoms with Crippen LogP contribution in [0.25, 0.3) is 0 Å². The molecule has 0 unspecified atom stereocenters. The highest BCUT2D eigenvalue weighted by atomic mass is 32.2. The van der Waals surface area contributed by atoms with Gasteiger partial charge < -0.3 is 5.32 Å². The molecular weight excluding hydrogens is 279 g/mol. The van der Waals surface area contributed by atoms with E-state index in [0.29, 0.717) is 24.7 Å². The van der Waals surface area contributed by atoms with Gasteiger partial charge >= 0.3 is 0 Å². The normalized spacial score (nSPS) is 15.3. The molecule has 1 fully saturated rings. The number of anilines is 1. The summed E-state index contributed by atoms with van der Waals surface area (Å²) in [6.45, 7) is 2.86. The quantitative estimate of drug-likeness (QED) is 0.748. The number of halogens is 1. The largest absolute Gasteiger partial charge is 0.314 e. The Kier molecular flexibility index (Phi) is 4.99. The minimum absolute atomic E-state index is 0.109. The fraction of sp³-hybridized carbons (Fsp3) is 0.571. The van der Waals surface area contributed by atoms with Crippen LogP contribution in [0.3, 0.4) is 0 Å². The second kappa shape index (κ2) is 6.54. The summed E-state index contributed by atoms with van der Waals surface area (Å²) in [6.07, 6.45) is 2.99. The topological polar surface area (TPSA) is 49.4 Å².